The Morgan fingerprint density at radius 1 is 1.47 bits per heavy atom. The zero-order valence-corrected chi connectivity index (χ0v) is 10.8. The number of nitrogen functional groups attached to an aromatic ring is 1. The van der Waals surface area contributed by atoms with E-state index >= 15 is 0 Å². The molecule has 1 heterocycles. The molecule has 0 spiro atoms. The van der Waals surface area contributed by atoms with E-state index < -0.39 is 0 Å². The van der Waals surface area contributed by atoms with E-state index in [1.54, 1.807) is 4.90 Å². The third-order valence-electron chi connectivity index (χ3n) is 2.67. The number of rotatable bonds is 1. The molecule has 0 aromatic heterocycles. The molecule has 0 radical (unpaired) electrons. The van der Waals surface area contributed by atoms with Crippen molar-refractivity contribution in [2.45, 2.75) is 6.42 Å². The van der Waals surface area contributed by atoms with Gasteiger partial charge >= 0.3 is 0 Å². The fraction of sp³-hybridized carbons (Fsp3) is 0.364. The molecule has 0 atom stereocenters. The molecule has 17 heavy (non-hydrogen) atoms. The minimum atomic E-state index is -0.376. The van der Waals surface area contributed by atoms with Crippen molar-refractivity contribution in [2.75, 3.05) is 30.3 Å². The molecule has 1 fully saturated rings. The zero-order valence-electron chi connectivity index (χ0n) is 9.17. The van der Waals surface area contributed by atoms with Crippen LogP contribution in [0.2, 0.25) is 0 Å². The van der Waals surface area contributed by atoms with Crippen LogP contribution in [0, 0.1) is 5.82 Å². The lowest BCUT2D eigenvalue weighted by molar-refractivity contribution is -0.119. The molecule has 1 amide bonds. The van der Waals surface area contributed by atoms with Crippen LogP contribution in [-0.2, 0) is 4.79 Å². The van der Waals surface area contributed by atoms with Crippen LogP contribution in [0.25, 0.3) is 0 Å². The van der Waals surface area contributed by atoms with Crippen molar-refractivity contribution in [1.29, 1.82) is 0 Å². The fourth-order valence-corrected chi connectivity index (χ4v) is 2.20. The number of carbonyl (C=O) groups excluding carboxylic acids is 1. The number of hydrogen-bond acceptors (Lipinski definition) is 3. The number of benzene rings is 1. The van der Waals surface area contributed by atoms with E-state index in [1.165, 1.54) is 12.1 Å². The van der Waals surface area contributed by atoms with Gasteiger partial charge in [-0.25, -0.2) is 4.39 Å². The predicted octanol–water partition coefficient (Wildman–Crippen LogP) is 1.50. The first-order valence-corrected chi connectivity index (χ1v) is 6.13. The molecule has 1 aromatic rings. The van der Waals surface area contributed by atoms with Crippen LogP contribution in [-0.4, -0.2) is 25.5 Å². The first-order valence-electron chi connectivity index (χ1n) is 5.34. The monoisotopic (exact) mass is 301 g/mol. The summed E-state index contributed by atoms with van der Waals surface area (Å²) in [7, 11) is 0. The van der Waals surface area contributed by atoms with Gasteiger partial charge in [0, 0.05) is 19.2 Å². The highest BCUT2D eigenvalue weighted by Crippen LogP contribution is 2.29. The highest BCUT2D eigenvalue weighted by molar-refractivity contribution is 9.10. The average molecular weight is 302 g/mol. The molecule has 2 rings (SSSR count). The maximum Gasteiger partial charge on any atom is 0.239 e. The maximum absolute atomic E-state index is 13.5. The van der Waals surface area contributed by atoms with Crippen molar-refractivity contribution in [3.63, 3.8) is 0 Å². The Balaban J connectivity index is 2.32. The van der Waals surface area contributed by atoms with E-state index in [-0.39, 0.29) is 18.3 Å². The quantitative estimate of drug-likeness (QED) is 0.773. The molecule has 0 aliphatic carbocycles. The largest absolute Gasteiger partial charge is 0.397 e. The molecule has 0 bridgehead atoms. The van der Waals surface area contributed by atoms with Gasteiger partial charge in [0.2, 0.25) is 5.91 Å². The summed E-state index contributed by atoms with van der Waals surface area (Å²) in [6, 6.07) is 2.88. The van der Waals surface area contributed by atoms with Crippen LogP contribution >= 0.6 is 15.9 Å². The van der Waals surface area contributed by atoms with Crippen molar-refractivity contribution in [3.05, 3.63) is 22.4 Å². The minimum Gasteiger partial charge on any atom is -0.397 e. The molecule has 4 nitrogen and oxygen atoms in total. The summed E-state index contributed by atoms with van der Waals surface area (Å²) in [5.41, 5.74) is 6.89. The summed E-state index contributed by atoms with van der Waals surface area (Å²) < 4.78 is 13.8. The van der Waals surface area contributed by atoms with Crippen molar-refractivity contribution < 1.29 is 9.18 Å². The Labute approximate surface area is 107 Å². The third kappa shape index (κ3) is 2.69. The molecule has 1 aliphatic rings. The van der Waals surface area contributed by atoms with Crippen molar-refractivity contribution in [2.24, 2.45) is 0 Å². The molecule has 92 valence electrons. The van der Waals surface area contributed by atoms with Crippen molar-refractivity contribution in [1.82, 2.24) is 5.32 Å². The maximum atomic E-state index is 13.5. The number of hydrogen-bond donors (Lipinski definition) is 2. The van der Waals surface area contributed by atoms with Crippen LogP contribution in [0.4, 0.5) is 15.8 Å². The van der Waals surface area contributed by atoms with E-state index in [0.29, 0.717) is 28.9 Å². The second-order valence-electron chi connectivity index (χ2n) is 3.95. The highest BCUT2D eigenvalue weighted by Gasteiger charge is 2.18. The standard InChI is InChI=1S/C11H13BrFN3O/c12-7-4-9(14)10(5-8(7)13)16-3-1-2-15-11(17)6-16/h4-5H,1-3,6,14H2,(H,15,17). The van der Waals surface area contributed by atoms with E-state index in [0.717, 1.165) is 6.42 Å². The molecule has 1 saturated heterocycles. The number of halogens is 2. The van der Waals surface area contributed by atoms with E-state index in [1.807, 2.05) is 0 Å². The molecule has 1 aromatic carbocycles. The number of amides is 1. The van der Waals surface area contributed by atoms with Gasteiger partial charge in [0.1, 0.15) is 5.82 Å². The second-order valence-corrected chi connectivity index (χ2v) is 4.80. The van der Waals surface area contributed by atoms with E-state index in [2.05, 4.69) is 21.2 Å². The van der Waals surface area contributed by atoms with Gasteiger partial charge in [-0.3, -0.25) is 4.79 Å². The van der Waals surface area contributed by atoms with Crippen molar-refractivity contribution >= 4 is 33.2 Å². The topological polar surface area (TPSA) is 58.4 Å². The Hall–Kier alpha value is -1.30. The van der Waals surface area contributed by atoms with Crippen LogP contribution in [0.5, 0.6) is 0 Å². The highest BCUT2D eigenvalue weighted by atomic mass is 79.9. The van der Waals surface area contributed by atoms with Gasteiger partial charge in [0.25, 0.3) is 0 Å². The molecule has 3 N–H and O–H groups in total. The normalized spacial score (nSPS) is 16.6. The smallest absolute Gasteiger partial charge is 0.239 e. The molecule has 6 heteroatoms. The summed E-state index contributed by atoms with van der Waals surface area (Å²) in [6.07, 6.45) is 0.822. The van der Waals surface area contributed by atoms with Gasteiger partial charge in [-0.2, -0.15) is 0 Å². The third-order valence-corrected chi connectivity index (χ3v) is 3.28. The second kappa shape index (κ2) is 4.91. The van der Waals surface area contributed by atoms with Crippen LogP contribution in [0.15, 0.2) is 16.6 Å². The Morgan fingerprint density at radius 2 is 2.24 bits per heavy atom. The molecular formula is C11H13BrFN3O. The Bertz CT molecular complexity index is 453. The number of carbonyl (C=O) groups is 1. The van der Waals surface area contributed by atoms with Gasteiger partial charge in [-0.1, -0.05) is 0 Å². The zero-order chi connectivity index (χ0) is 12.4. The summed E-state index contributed by atoms with van der Waals surface area (Å²) in [6.45, 7) is 1.55. The molecule has 1 aliphatic heterocycles. The first-order chi connectivity index (χ1) is 8.08. The fourth-order valence-electron chi connectivity index (χ4n) is 1.84. The van der Waals surface area contributed by atoms with Gasteiger partial charge in [0.05, 0.1) is 22.4 Å². The number of nitrogens with one attached hydrogen (secondary N) is 1. The van der Waals surface area contributed by atoms with Crippen molar-refractivity contribution in [3.8, 4) is 0 Å². The average Bonchev–Trinajstić information content (AvgIpc) is 2.48. The SMILES string of the molecule is Nc1cc(Br)c(F)cc1N1CCCNC(=O)C1. The van der Waals surface area contributed by atoms with E-state index in [9.17, 15) is 9.18 Å². The summed E-state index contributed by atoms with van der Waals surface area (Å²) >= 11 is 3.08. The minimum absolute atomic E-state index is 0.0646. The molecule has 0 unspecified atom stereocenters. The lowest BCUT2D eigenvalue weighted by atomic mass is 10.2. The Kier molecular flexibility index (Phi) is 3.51. The number of nitrogens with zero attached hydrogens (tertiary/aromatic N) is 1. The number of nitrogens with two attached hydrogens (primary N) is 1. The summed E-state index contributed by atoms with van der Waals surface area (Å²) in [5, 5.41) is 2.77. The molecular weight excluding hydrogens is 289 g/mol. The van der Waals surface area contributed by atoms with Crippen LogP contribution < -0.4 is 16.0 Å². The lowest BCUT2D eigenvalue weighted by Crippen LogP contribution is -2.33. The molecule has 0 saturated carbocycles. The van der Waals surface area contributed by atoms with Gasteiger partial charge < -0.3 is 16.0 Å². The van der Waals surface area contributed by atoms with Gasteiger partial charge in [-0.05, 0) is 28.4 Å². The van der Waals surface area contributed by atoms with Gasteiger partial charge in [0.15, 0.2) is 0 Å². The first kappa shape index (κ1) is 12.2. The summed E-state index contributed by atoms with van der Waals surface area (Å²) in [4.78, 5) is 13.2. The number of anilines is 2. The van der Waals surface area contributed by atoms with E-state index in [4.69, 9.17) is 5.73 Å². The van der Waals surface area contributed by atoms with Gasteiger partial charge in [-0.15, -0.1) is 0 Å². The van der Waals surface area contributed by atoms with Crippen LogP contribution in [0.3, 0.4) is 0 Å². The van der Waals surface area contributed by atoms with Crippen LogP contribution in [0.1, 0.15) is 6.42 Å². The summed E-state index contributed by atoms with van der Waals surface area (Å²) in [5.74, 6) is -0.441. The predicted molar refractivity (Wildman–Crippen MR) is 68.4 cm³/mol. The Morgan fingerprint density at radius 3 is 3.00 bits per heavy atom. The lowest BCUT2D eigenvalue weighted by Gasteiger charge is -2.23.